The summed E-state index contributed by atoms with van der Waals surface area (Å²) in [7, 11) is 6.76. The van der Waals surface area contributed by atoms with Crippen LogP contribution in [0.5, 0.6) is 17.2 Å². The molecule has 0 aliphatic rings. The highest BCUT2D eigenvalue weighted by Crippen LogP contribution is 2.42. The van der Waals surface area contributed by atoms with Crippen molar-refractivity contribution >= 4 is 21.8 Å². The van der Waals surface area contributed by atoms with Gasteiger partial charge in [-0.3, -0.25) is 9.78 Å². The third-order valence-corrected chi connectivity index (χ3v) is 5.58. The fraction of sp³-hybridized carbons (Fsp3) is 0.167. The largest absolute Gasteiger partial charge is 0.493 e. The number of hydrogen-bond donors (Lipinski definition) is 1. The molecule has 31 heavy (non-hydrogen) atoms. The van der Waals surface area contributed by atoms with E-state index in [1.165, 1.54) is 0 Å². The minimum Gasteiger partial charge on any atom is -0.493 e. The lowest BCUT2D eigenvalue weighted by molar-refractivity contribution is 0.324. The van der Waals surface area contributed by atoms with E-state index in [1.807, 2.05) is 36.1 Å². The lowest BCUT2D eigenvalue weighted by atomic mass is 10.00. The van der Waals surface area contributed by atoms with Crippen molar-refractivity contribution < 1.29 is 14.2 Å². The Kier molecular flexibility index (Phi) is 4.51. The third-order valence-electron chi connectivity index (χ3n) is 5.58. The van der Waals surface area contributed by atoms with Crippen LogP contribution in [-0.2, 0) is 7.05 Å². The summed E-state index contributed by atoms with van der Waals surface area (Å²) in [5.41, 5.74) is 5.98. The lowest BCUT2D eigenvalue weighted by Gasteiger charge is -2.13. The zero-order chi connectivity index (χ0) is 21.5. The highest BCUT2D eigenvalue weighted by molar-refractivity contribution is 5.97. The first-order chi connectivity index (χ1) is 15.1. The monoisotopic (exact) mass is 414 g/mol. The molecule has 2 aromatic heterocycles. The SMILES string of the molecule is COc1cc(-c2n[nH]c3ccc(-c4ccc5c(cnn5C)c4)cc23)cc(OC)c1OC. The molecule has 156 valence electrons. The van der Waals surface area contributed by atoms with E-state index in [1.54, 1.807) is 21.3 Å². The first kappa shape index (κ1) is 19.0. The summed E-state index contributed by atoms with van der Waals surface area (Å²) in [5, 5.41) is 14.2. The van der Waals surface area contributed by atoms with Crippen molar-refractivity contribution in [1.29, 1.82) is 0 Å². The summed E-state index contributed by atoms with van der Waals surface area (Å²) < 4.78 is 18.4. The number of fused-ring (bicyclic) bond motifs is 2. The molecule has 0 radical (unpaired) electrons. The number of aromatic amines is 1. The standard InChI is InChI=1S/C24H22N4O3/c1-28-20-8-6-14(9-17(20)13-25-28)15-5-7-19-18(10-15)23(27-26-19)16-11-21(29-2)24(31-4)22(12-16)30-3/h5-13H,1-4H3,(H,26,27). The molecular formula is C24H22N4O3. The summed E-state index contributed by atoms with van der Waals surface area (Å²) in [4.78, 5) is 0. The van der Waals surface area contributed by atoms with Gasteiger partial charge in [0.15, 0.2) is 11.5 Å². The average molecular weight is 414 g/mol. The van der Waals surface area contributed by atoms with Gasteiger partial charge in [-0.05, 0) is 47.5 Å². The molecule has 0 unspecified atom stereocenters. The van der Waals surface area contributed by atoms with Crippen LogP contribution in [0.15, 0.2) is 54.7 Å². The Labute approximate surface area is 179 Å². The van der Waals surface area contributed by atoms with Gasteiger partial charge in [-0.15, -0.1) is 0 Å². The molecule has 0 saturated carbocycles. The Morgan fingerprint density at radius 1 is 0.806 bits per heavy atom. The molecule has 7 nitrogen and oxygen atoms in total. The number of hydrogen-bond acceptors (Lipinski definition) is 5. The van der Waals surface area contributed by atoms with Crippen molar-refractivity contribution in [2.75, 3.05) is 21.3 Å². The number of methoxy groups -OCH3 is 3. The van der Waals surface area contributed by atoms with Crippen molar-refractivity contribution in [3.8, 4) is 39.6 Å². The van der Waals surface area contributed by atoms with Crippen LogP contribution in [-0.4, -0.2) is 41.3 Å². The molecule has 0 amide bonds. The fourth-order valence-electron chi connectivity index (χ4n) is 3.97. The zero-order valence-corrected chi connectivity index (χ0v) is 17.8. The number of ether oxygens (including phenoxy) is 3. The number of H-pyrrole nitrogens is 1. The molecule has 0 saturated heterocycles. The van der Waals surface area contributed by atoms with Crippen LogP contribution in [0.2, 0.25) is 0 Å². The summed E-state index contributed by atoms with van der Waals surface area (Å²) in [5.74, 6) is 1.73. The molecule has 5 rings (SSSR count). The van der Waals surface area contributed by atoms with Crippen molar-refractivity contribution in [3.63, 3.8) is 0 Å². The number of nitrogens with zero attached hydrogens (tertiary/aromatic N) is 3. The van der Waals surface area contributed by atoms with Crippen LogP contribution in [0.4, 0.5) is 0 Å². The van der Waals surface area contributed by atoms with E-state index in [0.29, 0.717) is 17.2 Å². The molecule has 0 atom stereocenters. The van der Waals surface area contributed by atoms with Crippen molar-refractivity contribution in [2.45, 2.75) is 0 Å². The summed E-state index contributed by atoms with van der Waals surface area (Å²) >= 11 is 0. The van der Waals surface area contributed by atoms with Gasteiger partial charge in [0, 0.05) is 23.4 Å². The van der Waals surface area contributed by atoms with Gasteiger partial charge in [0.05, 0.1) is 38.6 Å². The third kappa shape index (κ3) is 3.06. The van der Waals surface area contributed by atoms with Crippen LogP contribution < -0.4 is 14.2 Å². The molecule has 5 aromatic rings. The zero-order valence-electron chi connectivity index (χ0n) is 17.8. The maximum atomic E-state index is 5.51. The van der Waals surface area contributed by atoms with E-state index in [4.69, 9.17) is 14.2 Å². The van der Waals surface area contributed by atoms with Gasteiger partial charge in [-0.1, -0.05) is 12.1 Å². The van der Waals surface area contributed by atoms with E-state index in [0.717, 1.165) is 44.2 Å². The predicted molar refractivity (Wildman–Crippen MR) is 121 cm³/mol. The van der Waals surface area contributed by atoms with E-state index in [2.05, 4.69) is 45.6 Å². The van der Waals surface area contributed by atoms with Crippen LogP contribution in [0.25, 0.3) is 44.2 Å². The van der Waals surface area contributed by atoms with Crippen LogP contribution >= 0.6 is 0 Å². The molecule has 2 heterocycles. The Hall–Kier alpha value is -4.00. The Balaban J connectivity index is 1.66. The number of nitrogens with one attached hydrogen (secondary N) is 1. The lowest BCUT2D eigenvalue weighted by Crippen LogP contribution is -1.96. The summed E-state index contributed by atoms with van der Waals surface area (Å²) in [6, 6.07) is 16.5. The highest BCUT2D eigenvalue weighted by atomic mass is 16.5. The molecule has 7 heteroatoms. The molecule has 3 aromatic carbocycles. The van der Waals surface area contributed by atoms with E-state index in [9.17, 15) is 0 Å². The van der Waals surface area contributed by atoms with E-state index in [-0.39, 0.29) is 0 Å². The Morgan fingerprint density at radius 2 is 1.52 bits per heavy atom. The van der Waals surface area contributed by atoms with Gasteiger partial charge >= 0.3 is 0 Å². The molecule has 0 bridgehead atoms. The Morgan fingerprint density at radius 3 is 2.23 bits per heavy atom. The van der Waals surface area contributed by atoms with Gasteiger partial charge in [-0.2, -0.15) is 10.2 Å². The van der Waals surface area contributed by atoms with Gasteiger partial charge in [-0.25, -0.2) is 0 Å². The first-order valence-electron chi connectivity index (χ1n) is 9.83. The fourth-order valence-corrected chi connectivity index (χ4v) is 3.97. The van der Waals surface area contributed by atoms with Crippen LogP contribution in [0.1, 0.15) is 0 Å². The molecule has 1 N–H and O–H groups in total. The molecule has 0 aliphatic carbocycles. The summed E-state index contributed by atoms with van der Waals surface area (Å²) in [6.07, 6.45) is 1.89. The number of rotatable bonds is 5. The number of aryl methyl sites for hydroxylation is 1. The minimum absolute atomic E-state index is 0.555. The maximum Gasteiger partial charge on any atom is 0.203 e. The van der Waals surface area contributed by atoms with E-state index >= 15 is 0 Å². The van der Waals surface area contributed by atoms with Gasteiger partial charge in [0.25, 0.3) is 0 Å². The molecule has 0 aliphatic heterocycles. The minimum atomic E-state index is 0.555. The van der Waals surface area contributed by atoms with Crippen LogP contribution in [0.3, 0.4) is 0 Å². The second kappa shape index (κ2) is 7.36. The number of benzene rings is 3. The van der Waals surface area contributed by atoms with Gasteiger partial charge in [0.2, 0.25) is 5.75 Å². The second-order valence-corrected chi connectivity index (χ2v) is 7.29. The highest BCUT2D eigenvalue weighted by Gasteiger charge is 2.17. The Bertz CT molecular complexity index is 1390. The van der Waals surface area contributed by atoms with Gasteiger partial charge < -0.3 is 14.2 Å². The molecule has 0 fully saturated rings. The quantitative estimate of drug-likeness (QED) is 0.447. The van der Waals surface area contributed by atoms with Crippen molar-refractivity contribution in [3.05, 3.63) is 54.7 Å². The predicted octanol–water partition coefficient (Wildman–Crippen LogP) is 4.81. The van der Waals surface area contributed by atoms with Crippen LogP contribution in [0, 0.1) is 0 Å². The normalized spacial score (nSPS) is 11.2. The number of aromatic nitrogens is 4. The topological polar surface area (TPSA) is 74.2 Å². The second-order valence-electron chi connectivity index (χ2n) is 7.29. The maximum absolute atomic E-state index is 5.51. The molecule has 0 spiro atoms. The van der Waals surface area contributed by atoms with E-state index < -0.39 is 0 Å². The van der Waals surface area contributed by atoms with Crippen molar-refractivity contribution in [2.24, 2.45) is 7.05 Å². The molecular weight excluding hydrogens is 392 g/mol. The van der Waals surface area contributed by atoms with Gasteiger partial charge in [0.1, 0.15) is 5.69 Å². The summed E-state index contributed by atoms with van der Waals surface area (Å²) in [6.45, 7) is 0. The van der Waals surface area contributed by atoms with Crippen molar-refractivity contribution in [1.82, 2.24) is 20.0 Å². The smallest absolute Gasteiger partial charge is 0.203 e. The first-order valence-corrected chi connectivity index (χ1v) is 9.83. The average Bonchev–Trinajstić information content (AvgIpc) is 3.40.